The molecule has 0 unspecified atom stereocenters. The Labute approximate surface area is 118 Å². The standard InChI is InChI=1S/C11H9N3O5S/c1-19-8-4-5(3-7(9(8)15)14(17)18)2-6-10(16)13-11(20)12-6/h2-4,15H,1H3,(H2,12,13,16,20)/p-1/b6-2+. The van der Waals surface area contributed by atoms with Gasteiger partial charge in [-0.25, -0.2) is 0 Å². The van der Waals surface area contributed by atoms with E-state index in [1.54, 1.807) is 0 Å². The van der Waals surface area contributed by atoms with Crippen LogP contribution in [-0.4, -0.2) is 23.1 Å². The van der Waals surface area contributed by atoms with Crippen LogP contribution in [0.1, 0.15) is 5.56 Å². The Bertz CT molecular complexity index is 656. The van der Waals surface area contributed by atoms with Gasteiger partial charge in [0.25, 0.3) is 11.6 Å². The fourth-order valence-corrected chi connectivity index (χ4v) is 1.83. The van der Waals surface area contributed by atoms with Gasteiger partial charge in [-0.05, 0) is 29.9 Å². The Morgan fingerprint density at radius 3 is 2.60 bits per heavy atom. The summed E-state index contributed by atoms with van der Waals surface area (Å²) in [6.45, 7) is 0. The summed E-state index contributed by atoms with van der Waals surface area (Å²) in [6.07, 6.45) is 1.34. The molecule has 1 saturated heterocycles. The highest BCUT2D eigenvalue weighted by Crippen LogP contribution is 2.35. The quantitative estimate of drug-likeness (QED) is 0.349. The Hall–Kier alpha value is -2.68. The van der Waals surface area contributed by atoms with Crippen molar-refractivity contribution >= 4 is 35.0 Å². The lowest BCUT2D eigenvalue weighted by molar-refractivity contribution is -0.398. The Morgan fingerprint density at radius 2 is 2.10 bits per heavy atom. The van der Waals surface area contributed by atoms with Gasteiger partial charge in [0.15, 0.2) is 5.11 Å². The molecule has 0 aromatic heterocycles. The topological polar surface area (TPSA) is 117 Å². The first-order chi connectivity index (χ1) is 9.42. The second kappa shape index (κ2) is 5.13. The third-order valence-electron chi connectivity index (χ3n) is 2.51. The van der Waals surface area contributed by atoms with Gasteiger partial charge in [-0.2, -0.15) is 0 Å². The second-order valence-corrected chi connectivity index (χ2v) is 4.20. The zero-order valence-electron chi connectivity index (χ0n) is 10.1. The molecular weight excluding hydrogens is 286 g/mol. The molecule has 104 valence electrons. The lowest BCUT2D eigenvalue weighted by atomic mass is 10.1. The SMILES string of the molecule is COc1cc(/C=C2/NC(=S)NC2=O)cc([N+](=O)[O-])c1[O-]. The van der Waals surface area contributed by atoms with E-state index < -0.39 is 22.3 Å². The first-order valence-electron chi connectivity index (χ1n) is 5.30. The predicted molar refractivity (Wildman–Crippen MR) is 70.9 cm³/mol. The van der Waals surface area contributed by atoms with Gasteiger partial charge in [0.1, 0.15) is 11.4 Å². The number of ether oxygens (including phenoxy) is 1. The Morgan fingerprint density at radius 1 is 1.40 bits per heavy atom. The molecule has 1 fully saturated rings. The van der Waals surface area contributed by atoms with E-state index in [1.807, 2.05) is 0 Å². The van der Waals surface area contributed by atoms with Crippen LogP contribution in [0.2, 0.25) is 0 Å². The molecule has 1 aromatic rings. The van der Waals surface area contributed by atoms with Crippen molar-refractivity contribution in [3.8, 4) is 11.5 Å². The maximum Gasteiger partial charge on any atom is 0.273 e. The molecule has 0 bridgehead atoms. The number of thiocarbonyl (C=S) groups is 1. The fourth-order valence-electron chi connectivity index (χ4n) is 1.63. The number of nitrogens with zero attached hydrogens (tertiary/aromatic N) is 1. The molecule has 0 atom stereocenters. The van der Waals surface area contributed by atoms with Crippen molar-refractivity contribution in [3.05, 3.63) is 33.5 Å². The molecule has 0 spiro atoms. The summed E-state index contributed by atoms with van der Waals surface area (Å²) in [5, 5.41) is 27.5. The Kier molecular flexibility index (Phi) is 3.53. The molecule has 8 nitrogen and oxygen atoms in total. The summed E-state index contributed by atoms with van der Waals surface area (Å²) < 4.78 is 4.80. The summed E-state index contributed by atoms with van der Waals surface area (Å²) in [5.74, 6) is -1.45. The van der Waals surface area contributed by atoms with Gasteiger partial charge in [-0.1, -0.05) is 0 Å². The van der Waals surface area contributed by atoms with E-state index in [9.17, 15) is 20.0 Å². The minimum absolute atomic E-state index is 0.130. The van der Waals surface area contributed by atoms with E-state index in [-0.39, 0.29) is 22.1 Å². The monoisotopic (exact) mass is 294 g/mol. The van der Waals surface area contributed by atoms with Gasteiger partial charge in [0.2, 0.25) is 0 Å². The summed E-state index contributed by atoms with van der Waals surface area (Å²) in [6, 6.07) is 2.37. The number of hydrogen-bond donors (Lipinski definition) is 2. The lowest BCUT2D eigenvalue weighted by Crippen LogP contribution is -2.21. The fraction of sp³-hybridized carbons (Fsp3) is 0.0909. The average Bonchev–Trinajstić information content (AvgIpc) is 2.69. The van der Waals surface area contributed by atoms with Gasteiger partial charge in [0.05, 0.1) is 12.0 Å². The maximum absolute atomic E-state index is 11.6. The minimum atomic E-state index is -0.820. The van der Waals surface area contributed by atoms with Crippen molar-refractivity contribution in [1.29, 1.82) is 0 Å². The number of carbonyl (C=O) groups is 1. The number of nitro benzene ring substituents is 1. The van der Waals surface area contributed by atoms with Crippen LogP contribution in [0.3, 0.4) is 0 Å². The molecule has 0 saturated carbocycles. The molecule has 1 aromatic carbocycles. The highest BCUT2D eigenvalue weighted by Gasteiger charge is 2.21. The van der Waals surface area contributed by atoms with Crippen LogP contribution in [-0.2, 0) is 4.79 Å². The number of nitrogens with one attached hydrogen (secondary N) is 2. The van der Waals surface area contributed by atoms with Gasteiger partial charge in [-0.3, -0.25) is 20.2 Å². The zero-order chi connectivity index (χ0) is 14.9. The van der Waals surface area contributed by atoms with E-state index in [0.29, 0.717) is 0 Å². The first kappa shape index (κ1) is 13.7. The van der Waals surface area contributed by atoms with E-state index in [4.69, 9.17) is 17.0 Å². The van der Waals surface area contributed by atoms with Crippen molar-refractivity contribution in [3.63, 3.8) is 0 Å². The van der Waals surface area contributed by atoms with Gasteiger partial charge in [0, 0.05) is 11.8 Å². The molecule has 1 aliphatic rings. The molecule has 9 heteroatoms. The van der Waals surface area contributed by atoms with Gasteiger partial charge in [-0.15, -0.1) is 0 Å². The maximum atomic E-state index is 11.6. The third-order valence-corrected chi connectivity index (χ3v) is 2.71. The van der Waals surface area contributed by atoms with E-state index in [1.165, 1.54) is 19.3 Å². The van der Waals surface area contributed by atoms with Crippen molar-refractivity contribution in [2.45, 2.75) is 0 Å². The number of nitro groups is 1. The van der Waals surface area contributed by atoms with Crippen molar-refractivity contribution in [1.82, 2.24) is 10.6 Å². The minimum Gasteiger partial charge on any atom is -0.865 e. The average molecular weight is 294 g/mol. The van der Waals surface area contributed by atoms with Crippen LogP contribution in [0.15, 0.2) is 17.8 Å². The number of hydrogen-bond acceptors (Lipinski definition) is 6. The number of methoxy groups -OCH3 is 1. The number of carbonyl (C=O) groups excluding carboxylic acids is 1. The van der Waals surface area contributed by atoms with Crippen molar-refractivity contribution in [2.75, 3.05) is 7.11 Å². The molecule has 1 heterocycles. The normalized spacial score (nSPS) is 15.9. The van der Waals surface area contributed by atoms with Crippen LogP contribution >= 0.6 is 12.2 Å². The van der Waals surface area contributed by atoms with Crippen molar-refractivity contribution in [2.24, 2.45) is 0 Å². The van der Waals surface area contributed by atoms with Crippen LogP contribution in [0, 0.1) is 10.1 Å². The highest BCUT2D eigenvalue weighted by atomic mass is 32.1. The molecule has 2 rings (SSSR count). The predicted octanol–water partition coefficient (Wildman–Crippen LogP) is 0.0222. The number of benzene rings is 1. The number of rotatable bonds is 3. The van der Waals surface area contributed by atoms with Gasteiger partial charge >= 0.3 is 0 Å². The first-order valence-corrected chi connectivity index (χ1v) is 5.70. The third kappa shape index (κ3) is 2.52. The van der Waals surface area contributed by atoms with Crippen LogP contribution in [0.25, 0.3) is 6.08 Å². The molecule has 0 radical (unpaired) electrons. The van der Waals surface area contributed by atoms with E-state index in [2.05, 4.69) is 10.6 Å². The summed E-state index contributed by atoms with van der Waals surface area (Å²) >= 11 is 4.76. The molecular formula is C11H8N3O5S-. The Balaban J connectivity index is 2.50. The van der Waals surface area contributed by atoms with Crippen molar-refractivity contribution < 1.29 is 19.6 Å². The summed E-state index contributed by atoms with van der Waals surface area (Å²) in [5.41, 5.74) is -0.224. The molecule has 1 aliphatic heterocycles. The van der Waals surface area contributed by atoms with E-state index in [0.717, 1.165) is 6.07 Å². The molecule has 2 N–H and O–H groups in total. The largest absolute Gasteiger partial charge is 0.865 e. The van der Waals surface area contributed by atoms with E-state index >= 15 is 0 Å². The summed E-state index contributed by atoms with van der Waals surface area (Å²) in [7, 11) is 1.23. The molecule has 1 amide bonds. The highest BCUT2D eigenvalue weighted by molar-refractivity contribution is 7.80. The summed E-state index contributed by atoms with van der Waals surface area (Å²) in [4.78, 5) is 21.5. The zero-order valence-corrected chi connectivity index (χ0v) is 10.9. The van der Waals surface area contributed by atoms with Crippen LogP contribution in [0.4, 0.5) is 5.69 Å². The van der Waals surface area contributed by atoms with Crippen LogP contribution < -0.4 is 20.5 Å². The lowest BCUT2D eigenvalue weighted by Gasteiger charge is -2.13. The molecule has 0 aliphatic carbocycles. The second-order valence-electron chi connectivity index (χ2n) is 3.79. The van der Waals surface area contributed by atoms with Gasteiger partial charge < -0.3 is 15.2 Å². The smallest absolute Gasteiger partial charge is 0.273 e. The van der Waals surface area contributed by atoms with Crippen LogP contribution in [0.5, 0.6) is 11.5 Å². The number of amides is 1. The molecule has 20 heavy (non-hydrogen) atoms.